The van der Waals surface area contributed by atoms with Crippen molar-refractivity contribution in [3.63, 3.8) is 0 Å². The number of guanidine groups is 1. The Hall–Kier alpha value is -2.76. The summed E-state index contributed by atoms with van der Waals surface area (Å²) in [4.78, 5) is 7.04. The molecule has 0 radical (unpaired) electrons. The Labute approximate surface area is 173 Å². The summed E-state index contributed by atoms with van der Waals surface area (Å²) < 4.78 is 18.9. The fourth-order valence-electron chi connectivity index (χ4n) is 3.67. The SMILES string of the molecule is CCNC(=NCc1ccc(F)c(C)c1)NCC1CCN(c2ccccc2OC)C1. The molecule has 6 heteroatoms. The van der Waals surface area contributed by atoms with Crippen molar-refractivity contribution < 1.29 is 9.13 Å². The van der Waals surface area contributed by atoms with Gasteiger partial charge in [0.15, 0.2) is 5.96 Å². The number of halogens is 1. The van der Waals surface area contributed by atoms with Gasteiger partial charge >= 0.3 is 0 Å². The fourth-order valence-corrected chi connectivity index (χ4v) is 3.67. The number of methoxy groups -OCH3 is 1. The average molecular weight is 399 g/mol. The molecule has 5 nitrogen and oxygen atoms in total. The number of ether oxygens (including phenoxy) is 1. The van der Waals surface area contributed by atoms with E-state index in [-0.39, 0.29) is 5.82 Å². The summed E-state index contributed by atoms with van der Waals surface area (Å²) in [7, 11) is 1.72. The Morgan fingerprint density at radius 3 is 2.83 bits per heavy atom. The van der Waals surface area contributed by atoms with Crippen molar-refractivity contribution in [2.45, 2.75) is 26.8 Å². The predicted molar refractivity (Wildman–Crippen MR) is 117 cm³/mol. The summed E-state index contributed by atoms with van der Waals surface area (Å²) >= 11 is 0. The highest BCUT2D eigenvalue weighted by Gasteiger charge is 2.24. The minimum absolute atomic E-state index is 0.177. The fraction of sp³-hybridized carbons (Fsp3) is 0.435. The molecule has 1 fully saturated rings. The summed E-state index contributed by atoms with van der Waals surface area (Å²) in [6, 6.07) is 13.3. The van der Waals surface area contributed by atoms with Crippen molar-refractivity contribution in [3.8, 4) is 5.75 Å². The summed E-state index contributed by atoms with van der Waals surface area (Å²) in [5.41, 5.74) is 2.81. The molecule has 156 valence electrons. The van der Waals surface area contributed by atoms with E-state index in [1.807, 2.05) is 18.2 Å². The third kappa shape index (κ3) is 5.62. The monoisotopic (exact) mass is 398 g/mol. The standard InChI is InChI=1S/C23H31FN4O/c1-4-25-23(26-14-18-9-10-20(24)17(2)13-18)27-15-19-11-12-28(16-19)21-7-5-6-8-22(21)29-3/h5-10,13,19H,4,11-12,14-16H2,1-3H3,(H2,25,26,27). The molecule has 0 saturated carbocycles. The van der Waals surface area contributed by atoms with Gasteiger partial charge in [-0.3, -0.25) is 0 Å². The van der Waals surface area contributed by atoms with Gasteiger partial charge in [0.25, 0.3) is 0 Å². The van der Waals surface area contributed by atoms with Crippen LogP contribution in [0.5, 0.6) is 5.75 Å². The zero-order valence-electron chi connectivity index (χ0n) is 17.5. The first-order valence-corrected chi connectivity index (χ1v) is 10.3. The minimum Gasteiger partial charge on any atom is -0.495 e. The number of nitrogens with one attached hydrogen (secondary N) is 2. The first kappa shape index (κ1) is 21.0. The molecule has 0 amide bonds. The second kappa shape index (κ2) is 10.1. The lowest BCUT2D eigenvalue weighted by Crippen LogP contribution is -2.40. The smallest absolute Gasteiger partial charge is 0.191 e. The van der Waals surface area contributed by atoms with Crippen molar-refractivity contribution in [2.75, 3.05) is 38.2 Å². The zero-order valence-corrected chi connectivity index (χ0v) is 17.5. The molecule has 1 unspecified atom stereocenters. The molecule has 2 aromatic carbocycles. The van der Waals surface area contributed by atoms with Gasteiger partial charge < -0.3 is 20.3 Å². The van der Waals surface area contributed by atoms with Gasteiger partial charge in [-0.05, 0) is 55.5 Å². The molecule has 2 aromatic rings. The third-order valence-corrected chi connectivity index (χ3v) is 5.26. The molecule has 1 aliphatic rings. The van der Waals surface area contributed by atoms with Crippen LogP contribution in [0.1, 0.15) is 24.5 Å². The third-order valence-electron chi connectivity index (χ3n) is 5.26. The van der Waals surface area contributed by atoms with Crippen molar-refractivity contribution in [3.05, 3.63) is 59.4 Å². The number of hydrogen-bond acceptors (Lipinski definition) is 3. The van der Waals surface area contributed by atoms with Crippen molar-refractivity contribution in [1.29, 1.82) is 0 Å². The van der Waals surface area contributed by atoms with Crippen molar-refractivity contribution in [2.24, 2.45) is 10.9 Å². The van der Waals surface area contributed by atoms with Crippen LogP contribution >= 0.6 is 0 Å². The van der Waals surface area contributed by atoms with E-state index in [2.05, 4.69) is 39.6 Å². The number of benzene rings is 2. The lowest BCUT2D eigenvalue weighted by molar-refractivity contribution is 0.414. The van der Waals surface area contributed by atoms with Crippen LogP contribution in [0, 0.1) is 18.7 Å². The highest BCUT2D eigenvalue weighted by molar-refractivity contribution is 5.79. The van der Waals surface area contributed by atoms with Crippen LogP contribution < -0.4 is 20.3 Å². The lowest BCUT2D eigenvalue weighted by Gasteiger charge is -2.21. The van der Waals surface area contributed by atoms with Gasteiger partial charge in [0.05, 0.1) is 19.3 Å². The number of aliphatic imine (C=N–C) groups is 1. The number of nitrogens with zero attached hydrogens (tertiary/aromatic N) is 2. The molecular weight excluding hydrogens is 367 g/mol. The second-order valence-electron chi connectivity index (χ2n) is 7.43. The molecule has 1 heterocycles. The summed E-state index contributed by atoms with van der Waals surface area (Å²) in [5.74, 6) is 2.08. The predicted octanol–water partition coefficient (Wildman–Crippen LogP) is 3.72. The van der Waals surface area contributed by atoms with E-state index in [4.69, 9.17) is 4.74 Å². The molecule has 3 rings (SSSR count). The van der Waals surface area contributed by atoms with Gasteiger partial charge in [0.1, 0.15) is 11.6 Å². The second-order valence-corrected chi connectivity index (χ2v) is 7.43. The molecule has 0 spiro atoms. The molecule has 0 aliphatic carbocycles. The number of aryl methyl sites for hydroxylation is 1. The zero-order chi connectivity index (χ0) is 20.6. The number of hydrogen-bond donors (Lipinski definition) is 2. The van der Waals surface area contributed by atoms with Crippen LogP contribution in [0.3, 0.4) is 0 Å². The molecule has 2 N–H and O–H groups in total. The van der Waals surface area contributed by atoms with E-state index in [0.717, 1.165) is 55.6 Å². The quantitative estimate of drug-likeness (QED) is 0.551. The van der Waals surface area contributed by atoms with Gasteiger partial charge in [-0.15, -0.1) is 0 Å². The Kier molecular flexibility index (Phi) is 7.33. The van der Waals surface area contributed by atoms with Crippen molar-refractivity contribution in [1.82, 2.24) is 10.6 Å². The number of anilines is 1. The first-order valence-electron chi connectivity index (χ1n) is 10.3. The topological polar surface area (TPSA) is 48.9 Å². The van der Waals surface area contributed by atoms with Crippen LogP contribution in [0.4, 0.5) is 10.1 Å². The van der Waals surface area contributed by atoms with Gasteiger partial charge in [0, 0.05) is 26.2 Å². The average Bonchev–Trinajstić information content (AvgIpc) is 3.21. The normalized spacial score (nSPS) is 16.8. The molecule has 0 aromatic heterocycles. The van der Waals surface area contributed by atoms with Crippen LogP contribution in [0.2, 0.25) is 0 Å². The maximum absolute atomic E-state index is 13.4. The summed E-state index contributed by atoms with van der Waals surface area (Å²) in [6.45, 7) is 8.03. The highest BCUT2D eigenvalue weighted by Crippen LogP contribution is 2.31. The largest absolute Gasteiger partial charge is 0.495 e. The number of rotatable bonds is 7. The summed E-state index contributed by atoms with van der Waals surface area (Å²) in [5, 5.41) is 6.76. The van der Waals surface area contributed by atoms with E-state index in [1.54, 1.807) is 20.1 Å². The minimum atomic E-state index is -0.177. The molecule has 1 atom stereocenters. The van der Waals surface area contributed by atoms with Crippen LogP contribution in [-0.4, -0.2) is 39.2 Å². The van der Waals surface area contributed by atoms with Gasteiger partial charge in [-0.2, -0.15) is 0 Å². The van der Waals surface area contributed by atoms with Gasteiger partial charge in [-0.1, -0.05) is 24.3 Å². The van der Waals surface area contributed by atoms with E-state index >= 15 is 0 Å². The highest BCUT2D eigenvalue weighted by atomic mass is 19.1. The maximum Gasteiger partial charge on any atom is 0.191 e. The van der Waals surface area contributed by atoms with E-state index in [0.29, 0.717) is 18.0 Å². The Balaban J connectivity index is 1.55. The van der Waals surface area contributed by atoms with E-state index in [9.17, 15) is 4.39 Å². The van der Waals surface area contributed by atoms with Gasteiger partial charge in [0.2, 0.25) is 0 Å². The Morgan fingerprint density at radius 1 is 1.24 bits per heavy atom. The number of para-hydroxylation sites is 2. The lowest BCUT2D eigenvalue weighted by atomic mass is 10.1. The van der Waals surface area contributed by atoms with Crippen molar-refractivity contribution >= 4 is 11.6 Å². The molecule has 1 aliphatic heterocycles. The molecule has 29 heavy (non-hydrogen) atoms. The van der Waals surface area contributed by atoms with Crippen LogP contribution in [0.15, 0.2) is 47.5 Å². The van der Waals surface area contributed by atoms with E-state index in [1.165, 1.54) is 6.07 Å². The molecular formula is C23H31FN4O. The maximum atomic E-state index is 13.4. The molecule has 0 bridgehead atoms. The Bertz CT molecular complexity index is 839. The van der Waals surface area contributed by atoms with E-state index < -0.39 is 0 Å². The van der Waals surface area contributed by atoms with Crippen LogP contribution in [0.25, 0.3) is 0 Å². The summed E-state index contributed by atoms with van der Waals surface area (Å²) in [6.07, 6.45) is 1.13. The molecule has 1 saturated heterocycles. The Morgan fingerprint density at radius 2 is 2.07 bits per heavy atom. The van der Waals surface area contributed by atoms with Gasteiger partial charge in [-0.25, -0.2) is 9.38 Å². The first-order chi connectivity index (χ1) is 14.1. The van der Waals surface area contributed by atoms with Crippen LogP contribution in [-0.2, 0) is 6.54 Å².